The first-order valence-electron chi connectivity index (χ1n) is 5.73. The molecule has 0 saturated heterocycles. The van der Waals surface area contributed by atoms with Gasteiger partial charge in [0.2, 0.25) is 5.91 Å². The van der Waals surface area contributed by atoms with Crippen LogP contribution in [-0.4, -0.2) is 26.1 Å². The number of hydrogen-bond acceptors (Lipinski definition) is 4. The fourth-order valence-electron chi connectivity index (χ4n) is 1.58. The molecule has 0 aliphatic heterocycles. The molecule has 0 aliphatic rings. The van der Waals surface area contributed by atoms with Crippen molar-refractivity contribution in [3.63, 3.8) is 0 Å². The molecule has 0 aliphatic carbocycles. The first-order valence-corrected chi connectivity index (χ1v) is 5.73. The summed E-state index contributed by atoms with van der Waals surface area (Å²) in [5.74, 6) is -0.0424. The zero-order valence-corrected chi connectivity index (χ0v) is 10.4. The maximum absolute atomic E-state index is 11.8. The van der Waals surface area contributed by atoms with Gasteiger partial charge in [-0.15, -0.1) is 5.10 Å². The molecule has 1 aromatic carbocycles. The van der Waals surface area contributed by atoms with Crippen LogP contribution in [0.2, 0.25) is 0 Å². The fraction of sp³-hybridized carbons (Fsp3) is 0.333. The lowest BCUT2D eigenvalue weighted by Gasteiger charge is -2.09. The van der Waals surface area contributed by atoms with Crippen LogP contribution in [0.4, 0.5) is 5.69 Å². The molecule has 6 nitrogen and oxygen atoms in total. The van der Waals surface area contributed by atoms with Crippen molar-refractivity contribution in [2.45, 2.75) is 26.8 Å². The quantitative estimate of drug-likeness (QED) is 0.881. The van der Waals surface area contributed by atoms with E-state index in [-0.39, 0.29) is 5.91 Å². The van der Waals surface area contributed by atoms with E-state index in [1.54, 1.807) is 0 Å². The third-order valence-electron chi connectivity index (χ3n) is 2.63. The van der Waals surface area contributed by atoms with Crippen molar-refractivity contribution in [1.82, 2.24) is 20.2 Å². The van der Waals surface area contributed by atoms with Gasteiger partial charge in [-0.05, 0) is 41.5 Å². The largest absolute Gasteiger partial charge is 0.326 e. The lowest BCUT2D eigenvalue weighted by atomic mass is 10.1. The number of amides is 1. The van der Waals surface area contributed by atoms with E-state index in [4.69, 9.17) is 0 Å². The molecule has 94 valence electrons. The van der Waals surface area contributed by atoms with Gasteiger partial charge in [-0.3, -0.25) is 4.79 Å². The van der Waals surface area contributed by atoms with Crippen molar-refractivity contribution in [1.29, 1.82) is 0 Å². The molecule has 6 heteroatoms. The second-order valence-electron chi connectivity index (χ2n) is 4.19. The normalized spacial score (nSPS) is 10.3. The van der Waals surface area contributed by atoms with E-state index in [9.17, 15) is 4.79 Å². The lowest BCUT2D eigenvalue weighted by molar-refractivity contribution is -0.116. The molecule has 1 aromatic heterocycles. The molecule has 1 heterocycles. The molecule has 1 N–H and O–H groups in total. The summed E-state index contributed by atoms with van der Waals surface area (Å²) in [5.41, 5.74) is 3.03. The number of nitrogens with zero attached hydrogens (tertiary/aromatic N) is 4. The van der Waals surface area contributed by atoms with Crippen molar-refractivity contribution in [3.8, 4) is 0 Å². The Bertz CT molecular complexity index is 535. The molecule has 2 aromatic rings. The van der Waals surface area contributed by atoms with E-state index in [0.29, 0.717) is 13.0 Å². The molecule has 0 unspecified atom stereocenters. The standard InChI is InChI=1S/C12H15N5O/c1-9-3-4-10(2)11(7-9)14-12(18)5-6-17-8-13-15-16-17/h3-4,7-8H,5-6H2,1-2H3,(H,14,18). The van der Waals surface area contributed by atoms with Crippen LogP contribution in [0.25, 0.3) is 0 Å². The third-order valence-corrected chi connectivity index (χ3v) is 2.63. The van der Waals surface area contributed by atoms with Gasteiger partial charge in [-0.2, -0.15) is 0 Å². The van der Waals surface area contributed by atoms with Crippen LogP contribution >= 0.6 is 0 Å². The summed E-state index contributed by atoms with van der Waals surface area (Å²) in [4.78, 5) is 11.8. The summed E-state index contributed by atoms with van der Waals surface area (Å²) in [6, 6.07) is 5.97. The van der Waals surface area contributed by atoms with Crippen LogP contribution in [0.15, 0.2) is 24.5 Å². The minimum atomic E-state index is -0.0424. The highest BCUT2D eigenvalue weighted by molar-refractivity contribution is 5.91. The van der Waals surface area contributed by atoms with E-state index < -0.39 is 0 Å². The third kappa shape index (κ3) is 3.13. The minimum Gasteiger partial charge on any atom is -0.326 e. The minimum absolute atomic E-state index is 0.0424. The Hall–Kier alpha value is -2.24. The van der Waals surface area contributed by atoms with E-state index in [2.05, 4.69) is 20.8 Å². The molecule has 1 amide bonds. The first-order chi connectivity index (χ1) is 8.65. The molecular formula is C12H15N5O. The molecule has 0 radical (unpaired) electrons. The predicted octanol–water partition coefficient (Wildman–Crippen LogP) is 1.32. The first kappa shape index (κ1) is 12.2. The average molecular weight is 245 g/mol. The Morgan fingerprint density at radius 3 is 2.94 bits per heavy atom. The van der Waals surface area contributed by atoms with Gasteiger partial charge in [0, 0.05) is 12.1 Å². The average Bonchev–Trinajstić information content (AvgIpc) is 2.84. The number of tetrazole rings is 1. The SMILES string of the molecule is Cc1ccc(C)c(NC(=O)CCn2cnnn2)c1. The molecule has 0 fully saturated rings. The molecule has 18 heavy (non-hydrogen) atoms. The maximum Gasteiger partial charge on any atom is 0.226 e. The van der Waals surface area contributed by atoms with Gasteiger partial charge in [0.1, 0.15) is 6.33 Å². The summed E-state index contributed by atoms with van der Waals surface area (Å²) >= 11 is 0. The van der Waals surface area contributed by atoms with Crippen molar-refractivity contribution in [2.75, 3.05) is 5.32 Å². The van der Waals surface area contributed by atoms with Gasteiger partial charge in [0.25, 0.3) is 0 Å². The predicted molar refractivity (Wildman–Crippen MR) is 67.0 cm³/mol. The zero-order chi connectivity index (χ0) is 13.0. The number of rotatable bonds is 4. The Labute approximate surface area is 105 Å². The number of benzene rings is 1. The lowest BCUT2D eigenvalue weighted by Crippen LogP contribution is -2.15. The Morgan fingerprint density at radius 1 is 1.39 bits per heavy atom. The van der Waals surface area contributed by atoms with E-state index in [0.717, 1.165) is 16.8 Å². The van der Waals surface area contributed by atoms with Gasteiger partial charge in [0.05, 0.1) is 6.54 Å². The van der Waals surface area contributed by atoms with Crippen molar-refractivity contribution in [3.05, 3.63) is 35.7 Å². The summed E-state index contributed by atoms with van der Waals surface area (Å²) in [5, 5.41) is 13.6. The number of hydrogen-bond donors (Lipinski definition) is 1. The Morgan fingerprint density at radius 2 is 2.22 bits per heavy atom. The van der Waals surface area contributed by atoms with E-state index >= 15 is 0 Å². The molecular weight excluding hydrogens is 230 g/mol. The number of carbonyl (C=O) groups is 1. The number of aryl methyl sites for hydroxylation is 3. The highest BCUT2D eigenvalue weighted by Gasteiger charge is 2.05. The van der Waals surface area contributed by atoms with Crippen LogP contribution in [0, 0.1) is 13.8 Å². The maximum atomic E-state index is 11.8. The van der Waals surface area contributed by atoms with Crippen LogP contribution < -0.4 is 5.32 Å². The molecule has 0 atom stereocenters. The summed E-state index contributed by atoms with van der Waals surface area (Å²) in [6.07, 6.45) is 1.84. The summed E-state index contributed by atoms with van der Waals surface area (Å²) in [6.45, 7) is 4.44. The van der Waals surface area contributed by atoms with Gasteiger partial charge in [-0.25, -0.2) is 4.68 Å². The van der Waals surface area contributed by atoms with E-state index in [1.807, 2.05) is 32.0 Å². The van der Waals surface area contributed by atoms with Gasteiger partial charge >= 0.3 is 0 Å². The highest BCUT2D eigenvalue weighted by Crippen LogP contribution is 2.16. The number of nitrogens with one attached hydrogen (secondary N) is 1. The highest BCUT2D eigenvalue weighted by atomic mass is 16.1. The van der Waals surface area contributed by atoms with Gasteiger partial charge in [0.15, 0.2) is 0 Å². The Balaban J connectivity index is 1.92. The van der Waals surface area contributed by atoms with Crippen molar-refractivity contribution >= 4 is 11.6 Å². The van der Waals surface area contributed by atoms with Crippen LogP contribution in [-0.2, 0) is 11.3 Å². The topological polar surface area (TPSA) is 72.7 Å². The Kier molecular flexibility index (Phi) is 3.66. The molecule has 0 spiro atoms. The number of anilines is 1. The molecule has 0 saturated carbocycles. The van der Waals surface area contributed by atoms with Crippen molar-refractivity contribution < 1.29 is 4.79 Å². The fourth-order valence-corrected chi connectivity index (χ4v) is 1.58. The van der Waals surface area contributed by atoms with Gasteiger partial charge in [-0.1, -0.05) is 12.1 Å². The van der Waals surface area contributed by atoms with Crippen LogP contribution in [0.1, 0.15) is 17.5 Å². The van der Waals surface area contributed by atoms with Gasteiger partial charge < -0.3 is 5.32 Å². The zero-order valence-electron chi connectivity index (χ0n) is 10.4. The van der Waals surface area contributed by atoms with Crippen LogP contribution in [0.3, 0.4) is 0 Å². The molecule has 2 rings (SSSR count). The van der Waals surface area contributed by atoms with Crippen LogP contribution in [0.5, 0.6) is 0 Å². The smallest absolute Gasteiger partial charge is 0.226 e. The summed E-state index contributed by atoms with van der Waals surface area (Å²) in [7, 11) is 0. The number of carbonyl (C=O) groups excluding carboxylic acids is 1. The molecule has 0 bridgehead atoms. The second-order valence-corrected chi connectivity index (χ2v) is 4.19. The second kappa shape index (κ2) is 5.39. The number of aromatic nitrogens is 4. The monoisotopic (exact) mass is 245 g/mol. The van der Waals surface area contributed by atoms with E-state index in [1.165, 1.54) is 11.0 Å². The van der Waals surface area contributed by atoms with Crippen molar-refractivity contribution in [2.24, 2.45) is 0 Å². The summed E-state index contributed by atoms with van der Waals surface area (Å²) < 4.78 is 1.53.